The van der Waals surface area contributed by atoms with Gasteiger partial charge >= 0.3 is 0 Å². The summed E-state index contributed by atoms with van der Waals surface area (Å²) in [6.45, 7) is 0. The van der Waals surface area contributed by atoms with Crippen LogP contribution in [0, 0.1) is 11.2 Å². The molecule has 0 fully saturated rings. The summed E-state index contributed by atoms with van der Waals surface area (Å²) in [6.07, 6.45) is 3.46. The Hall–Kier alpha value is -3.14. The van der Waals surface area contributed by atoms with Crippen LogP contribution < -0.4 is 11.5 Å². The maximum absolute atomic E-state index is 13.3. The molecule has 114 valence electrons. The molecular weight excluding hydrogens is 289 g/mol. The third-order valence-corrected chi connectivity index (χ3v) is 3.67. The highest BCUT2D eigenvalue weighted by Crippen LogP contribution is 2.21. The summed E-state index contributed by atoms with van der Waals surface area (Å²) in [5.41, 5.74) is 13.1. The van der Waals surface area contributed by atoms with Crippen molar-refractivity contribution in [3.63, 3.8) is 0 Å². The number of fused-ring (bicyclic) bond motifs is 1. The second kappa shape index (κ2) is 5.93. The first-order valence-electron chi connectivity index (χ1n) is 7.15. The number of allylic oxidation sites excluding steroid dienone is 1. The molecule has 5 N–H and O–H groups in total. The number of benzene rings is 3. The van der Waals surface area contributed by atoms with Gasteiger partial charge < -0.3 is 16.9 Å². The molecule has 3 nitrogen and oxygen atoms in total. The standard InChI is InChI=1S/C19H16FN3/c20-16-11-18(22)15(10-19(16)23)17(21)8-6-12-5-7-13-3-1-2-4-14(13)9-12/h1-11,21H,22-23H2/b8-6+,21-17?. The van der Waals surface area contributed by atoms with Crippen molar-refractivity contribution in [3.8, 4) is 0 Å². The number of nitrogens with two attached hydrogens (primary N) is 2. The smallest absolute Gasteiger partial charge is 0.148 e. The van der Waals surface area contributed by atoms with E-state index in [-0.39, 0.29) is 17.1 Å². The summed E-state index contributed by atoms with van der Waals surface area (Å²) in [5.74, 6) is -0.572. The predicted molar refractivity (Wildman–Crippen MR) is 95.0 cm³/mol. The maximum Gasteiger partial charge on any atom is 0.148 e. The lowest BCUT2D eigenvalue weighted by atomic mass is 10.0. The SMILES string of the molecule is N=C(/C=C/c1ccc2ccccc2c1)c1cc(N)c(F)cc1N. The fourth-order valence-electron chi connectivity index (χ4n) is 2.42. The Morgan fingerprint density at radius 1 is 0.913 bits per heavy atom. The van der Waals surface area contributed by atoms with Crippen molar-refractivity contribution in [1.82, 2.24) is 0 Å². The molecule has 0 bridgehead atoms. The van der Waals surface area contributed by atoms with E-state index in [1.165, 1.54) is 6.07 Å². The Kier molecular flexibility index (Phi) is 3.81. The summed E-state index contributed by atoms with van der Waals surface area (Å²) >= 11 is 0. The van der Waals surface area contributed by atoms with Gasteiger partial charge in [0, 0.05) is 11.3 Å². The summed E-state index contributed by atoms with van der Waals surface area (Å²) in [6, 6.07) is 16.7. The molecule has 0 aromatic heterocycles. The van der Waals surface area contributed by atoms with Crippen LogP contribution in [0.1, 0.15) is 11.1 Å². The zero-order chi connectivity index (χ0) is 16.4. The third kappa shape index (κ3) is 3.06. The minimum absolute atomic E-state index is 0.0157. The topological polar surface area (TPSA) is 75.9 Å². The van der Waals surface area contributed by atoms with Gasteiger partial charge in [0.1, 0.15) is 5.82 Å². The first-order valence-corrected chi connectivity index (χ1v) is 7.15. The lowest BCUT2D eigenvalue weighted by molar-refractivity contribution is 0.633. The molecule has 0 saturated carbocycles. The van der Waals surface area contributed by atoms with Crippen molar-refractivity contribution in [2.75, 3.05) is 11.5 Å². The Morgan fingerprint density at radius 2 is 1.65 bits per heavy atom. The highest BCUT2D eigenvalue weighted by atomic mass is 19.1. The lowest BCUT2D eigenvalue weighted by Crippen LogP contribution is -2.04. The maximum atomic E-state index is 13.3. The largest absolute Gasteiger partial charge is 0.398 e. The van der Waals surface area contributed by atoms with Gasteiger partial charge in [0.2, 0.25) is 0 Å². The molecule has 0 aliphatic carbocycles. The van der Waals surface area contributed by atoms with E-state index in [1.807, 2.05) is 48.5 Å². The fourth-order valence-corrected chi connectivity index (χ4v) is 2.42. The van der Waals surface area contributed by atoms with Crippen molar-refractivity contribution >= 4 is 33.9 Å². The van der Waals surface area contributed by atoms with Crippen molar-refractivity contribution in [2.24, 2.45) is 0 Å². The van der Waals surface area contributed by atoms with E-state index >= 15 is 0 Å². The minimum atomic E-state index is -0.572. The van der Waals surface area contributed by atoms with E-state index in [2.05, 4.69) is 0 Å². The molecule has 0 unspecified atom stereocenters. The summed E-state index contributed by atoms with van der Waals surface area (Å²) in [4.78, 5) is 0. The van der Waals surface area contributed by atoms with Crippen LogP contribution in [0.25, 0.3) is 16.8 Å². The van der Waals surface area contributed by atoms with Gasteiger partial charge in [-0.1, -0.05) is 42.5 Å². The van der Waals surface area contributed by atoms with Gasteiger partial charge in [0.25, 0.3) is 0 Å². The number of rotatable bonds is 3. The van der Waals surface area contributed by atoms with Gasteiger partial charge in [-0.25, -0.2) is 4.39 Å². The lowest BCUT2D eigenvalue weighted by Gasteiger charge is -2.06. The summed E-state index contributed by atoms with van der Waals surface area (Å²) in [7, 11) is 0. The van der Waals surface area contributed by atoms with Crippen LogP contribution in [-0.2, 0) is 0 Å². The van der Waals surface area contributed by atoms with E-state index in [9.17, 15) is 4.39 Å². The molecule has 0 saturated heterocycles. The highest BCUT2D eigenvalue weighted by molar-refractivity contribution is 6.12. The second-order valence-corrected chi connectivity index (χ2v) is 5.31. The molecule has 0 amide bonds. The van der Waals surface area contributed by atoms with Crippen LogP contribution in [0.2, 0.25) is 0 Å². The normalized spacial score (nSPS) is 11.2. The predicted octanol–water partition coefficient (Wildman–Crippen LogP) is 4.22. The Morgan fingerprint density at radius 3 is 2.43 bits per heavy atom. The summed E-state index contributed by atoms with van der Waals surface area (Å²) in [5, 5.41) is 10.4. The molecule has 0 aliphatic heterocycles. The molecule has 3 aromatic rings. The number of hydrogen-bond acceptors (Lipinski definition) is 3. The molecule has 0 spiro atoms. The van der Waals surface area contributed by atoms with Gasteiger partial charge in [-0.2, -0.15) is 0 Å². The molecule has 3 rings (SSSR count). The van der Waals surface area contributed by atoms with E-state index < -0.39 is 5.82 Å². The Labute approximate surface area is 133 Å². The monoisotopic (exact) mass is 305 g/mol. The third-order valence-electron chi connectivity index (χ3n) is 3.67. The number of hydrogen-bond donors (Lipinski definition) is 3. The van der Waals surface area contributed by atoms with Crippen molar-refractivity contribution in [2.45, 2.75) is 0 Å². The quantitative estimate of drug-likeness (QED) is 0.500. The van der Waals surface area contributed by atoms with Crippen molar-refractivity contribution in [1.29, 1.82) is 5.41 Å². The average molecular weight is 305 g/mol. The number of nitrogens with one attached hydrogen (secondary N) is 1. The Bertz CT molecular complexity index is 929. The molecule has 0 heterocycles. The first kappa shape index (κ1) is 14.8. The van der Waals surface area contributed by atoms with Crippen LogP contribution in [0.5, 0.6) is 0 Å². The van der Waals surface area contributed by atoms with Crippen molar-refractivity contribution < 1.29 is 4.39 Å². The second-order valence-electron chi connectivity index (χ2n) is 5.31. The number of nitrogen functional groups attached to an aromatic ring is 2. The van der Waals surface area contributed by atoms with Gasteiger partial charge in [-0.05, 0) is 40.6 Å². The Balaban J connectivity index is 1.89. The van der Waals surface area contributed by atoms with Crippen LogP contribution in [0.3, 0.4) is 0 Å². The molecule has 0 radical (unpaired) electrons. The van der Waals surface area contributed by atoms with E-state index in [0.29, 0.717) is 5.56 Å². The van der Waals surface area contributed by atoms with Crippen LogP contribution in [0.4, 0.5) is 15.8 Å². The zero-order valence-electron chi connectivity index (χ0n) is 12.4. The van der Waals surface area contributed by atoms with Crippen LogP contribution in [-0.4, -0.2) is 5.71 Å². The zero-order valence-corrected chi connectivity index (χ0v) is 12.4. The van der Waals surface area contributed by atoms with Gasteiger partial charge in [-0.3, -0.25) is 0 Å². The van der Waals surface area contributed by atoms with Crippen LogP contribution >= 0.6 is 0 Å². The molecule has 4 heteroatoms. The summed E-state index contributed by atoms with van der Waals surface area (Å²) < 4.78 is 13.3. The van der Waals surface area contributed by atoms with E-state index in [4.69, 9.17) is 16.9 Å². The minimum Gasteiger partial charge on any atom is -0.398 e. The van der Waals surface area contributed by atoms with Gasteiger partial charge in [-0.15, -0.1) is 0 Å². The fraction of sp³-hybridized carbons (Fsp3) is 0. The molecular formula is C19H16FN3. The van der Waals surface area contributed by atoms with Gasteiger partial charge in [0.05, 0.1) is 11.4 Å². The van der Waals surface area contributed by atoms with Gasteiger partial charge in [0.15, 0.2) is 0 Å². The molecule has 3 aromatic carbocycles. The van der Waals surface area contributed by atoms with E-state index in [0.717, 1.165) is 22.4 Å². The highest BCUT2D eigenvalue weighted by Gasteiger charge is 2.08. The first-order chi connectivity index (χ1) is 11.0. The number of anilines is 2. The average Bonchev–Trinajstić information content (AvgIpc) is 2.55. The van der Waals surface area contributed by atoms with Crippen molar-refractivity contribution in [3.05, 3.63) is 77.6 Å². The number of halogens is 1. The van der Waals surface area contributed by atoms with E-state index in [1.54, 1.807) is 6.08 Å². The molecule has 0 atom stereocenters. The molecule has 0 aliphatic rings. The van der Waals surface area contributed by atoms with Crippen LogP contribution in [0.15, 0.2) is 60.7 Å². The molecule has 23 heavy (non-hydrogen) atoms.